The molecule has 40 heavy (non-hydrogen) atoms. The zero-order valence-electron chi connectivity index (χ0n) is 23.7. The minimum absolute atomic E-state index is 0.114. The third-order valence-electron chi connectivity index (χ3n) is 7.56. The Labute approximate surface area is 234 Å². The van der Waals surface area contributed by atoms with Crippen molar-refractivity contribution in [2.24, 2.45) is 11.8 Å². The van der Waals surface area contributed by atoms with Crippen LogP contribution in [0.2, 0.25) is 0 Å². The van der Waals surface area contributed by atoms with Gasteiger partial charge in [-0.15, -0.1) is 5.10 Å². The van der Waals surface area contributed by atoms with Gasteiger partial charge in [0.15, 0.2) is 17.9 Å². The Morgan fingerprint density at radius 1 is 1.23 bits per heavy atom. The number of halogens is 2. The second-order valence-corrected chi connectivity index (χ2v) is 11.0. The molecule has 2 saturated heterocycles. The first kappa shape index (κ1) is 30.4. The monoisotopic (exact) mass is 564 g/mol. The van der Waals surface area contributed by atoms with Crippen LogP contribution in [0.5, 0.6) is 0 Å². The quantitative estimate of drug-likeness (QED) is 0.299. The summed E-state index contributed by atoms with van der Waals surface area (Å²) in [4.78, 5) is 17.1. The van der Waals surface area contributed by atoms with Crippen molar-refractivity contribution >= 4 is 5.91 Å². The summed E-state index contributed by atoms with van der Waals surface area (Å²) in [6.07, 6.45) is 1.53. The van der Waals surface area contributed by atoms with E-state index in [1.165, 1.54) is 10.7 Å². The van der Waals surface area contributed by atoms with Crippen LogP contribution in [0.1, 0.15) is 50.7 Å². The number of nitrogens with zero attached hydrogens (tertiary/aromatic N) is 5. The van der Waals surface area contributed by atoms with E-state index < -0.39 is 17.9 Å². The summed E-state index contributed by atoms with van der Waals surface area (Å²) in [5.41, 5.74) is 1.34. The molecule has 2 aliphatic heterocycles. The first-order valence-corrected chi connectivity index (χ1v) is 14.2. The number of rotatable bonds is 12. The number of hydrogen-bond acceptors (Lipinski definition) is 8. The van der Waals surface area contributed by atoms with Crippen LogP contribution < -0.4 is 5.32 Å². The number of carbonyl (C=O) groups is 1. The smallest absolute Gasteiger partial charge is 0.227 e. The van der Waals surface area contributed by atoms with Gasteiger partial charge in [0.25, 0.3) is 0 Å². The van der Waals surface area contributed by atoms with Crippen molar-refractivity contribution in [1.82, 2.24) is 30.1 Å². The minimum atomic E-state index is -1.09. The fourth-order valence-corrected chi connectivity index (χ4v) is 5.54. The van der Waals surface area contributed by atoms with E-state index in [0.717, 1.165) is 25.0 Å². The second kappa shape index (κ2) is 14.4. The lowest BCUT2D eigenvalue weighted by Crippen LogP contribution is -2.55. The van der Waals surface area contributed by atoms with Crippen LogP contribution in [0.25, 0.3) is 5.69 Å². The van der Waals surface area contributed by atoms with E-state index in [2.05, 4.69) is 29.5 Å². The van der Waals surface area contributed by atoms with Crippen LogP contribution in [0.4, 0.5) is 8.78 Å². The largest absolute Gasteiger partial charge is 0.385 e. The number of hydrogen-bond donors (Lipinski definition) is 2. The highest BCUT2D eigenvalue weighted by Crippen LogP contribution is 2.30. The van der Waals surface area contributed by atoms with Gasteiger partial charge in [0.1, 0.15) is 5.69 Å². The van der Waals surface area contributed by atoms with Gasteiger partial charge in [-0.05, 0) is 43.7 Å². The summed E-state index contributed by atoms with van der Waals surface area (Å²) < 4.78 is 39.8. The van der Waals surface area contributed by atoms with Crippen LogP contribution in [-0.4, -0.2) is 102 Å². The third-order valence-corrected chi connectivity index (χ3v) is 7.56. The van der Waals surface area contributed by atoms with Gasteiger partial charge < -0.3 is 24.8 Å². The normalized spacial score (nSPS) is 20.9. The van der Waals surface area contributed by atoms with Crippen molar-refractivity contribution < 1.29 is 28.2 Å². The van der Waals surface area contributed by atoms with Gasteiger partial charge in [0, 0.05) is 58.5 Å². The van der Waals surface area contributed by atoms with Gasteiger partial charge in [-0.3, -0.25) is 9.69 Å². The highest BCUT2D eigenvalue weighted by molar-refractivity contribution is 5.79. The Hall–Kier alpha value is -2.51. The maximum Gasteiger partial charge on any atom is 0.227 e. The number of unbranched alkanes of at least 4 members (excludes halogenated alkanes) is 1. The maximum atomic E-state index is 14.1. The number of ether oxygens (including phenoxy) is 2. The highest BCUT2D eigenvalue weighted by Gasteiger charge is 2.37. The first-order valence-electron chi connectivity index (χ1n) is 14.2. The molecule has 2 aliphatic rings. The molecule has 2 N–H and O–H groups in total. The number of aromatic nitrogens is 3. The zero-order chi connectivity index (χ0) is 28.6. The molecule has 10 nitrogen and oxygen atoms in total. The first-order chi connectivity index (χ1) is 19.3. The van der Waals surface area contributed by atoms with Crippen molar-refractivity contribution in [1.29, 1.82) is 0 Å². The van der Waals surface area contributed by atoms with Crippen LogP contribution in [-0.2, 0) is 20.7 Å². The van der Waals surface area contributed by atoms with Crippen molar-refractivity contribution in [2.45, 2.75) is 51.8 Å². The molecule has 1 unspecified atom stereocenters. The van der Waals surface area contributed by atoms with Crippen LogP contribution >= 0.6 is 0 Å². The zero-order valence-corrected chi connectivity index (χ0v) is 23.7. The van der Waals surface area contributed by atoms with E-state index in [9.17, 15) is 18.7 Å². The maximum absolute atomic E-state index is 14.1. The molecule has 3 heterocycles. The molecule has 222 valence electrons. The molecule has 2 aromatic rings. The number of piperidine rings is 1. The van der Waals surface area contributed by atoms with E-state index in [1.54, 1.807) is 7.11 Å². The van der Waals surface area contributed by atoms with Crippen molar-refractivity contribution in [2.75, 3.05) is 59.7 Å². The molecule has 1 amide bonds. The van der Waals surface area contributed by atoms with Gasteiger partial charge in [-0.1, -0.05) is 19.1 Å². The van der Waals surface area contributed by atoms with Gasteiger partial charge in [-0.25, -0.2) is 13.5 Å². The van der Waals surface area contributed by atoms with Crippen molar-refractivity contribution in [3.05, 3.63) is 41.2 Å². The predicted molar refractivity (Wildman–Crippen MR) is 145 cm³/mol. The summed E-state index contributed by atoms with van der Waals surface area (Å²) in [6.45, 7) is 8.82. The van der Waals surface area contributed by atoms with Gasteiger partial charge in [0.2, 0.25) is 5.91 Å². The van der Waals surface area contributed by atoms with Gasteiger partial charge in [-0.2, -0.15) is 0 Å². The SMILES string of the molecule is COCCCCc1c(C(O)N(CC(C)C)[C@@H]2CNC[C@H](C(=O)N3CCOCC3)C2)nnn1-c1ccc(F)c(F)c1. The Balaban J connectivity index is 1.60. The average Bonchev–Trinajstić information content (AvgIpc) is 3.39. The molecule has 4 rings (SSSR count). The average molecular weight is 565 g/mol. The van der Waals surface area contributed by atoms with E-state index in [1.807, 2.05) is 9.80 Å². The van der Waals surface area contributed by atoms with Crippen LogP contribution in [0.3, 0.4) is 0 Å². The molecule has 1 aromatic heterocycles. The van der Waals surface area contributed by atoms with Crippen molar-refractivity contribution in [3.8, 4) is 5.69 Å². The van der Waals surface area contributed by atoms with E-state index >= 15 is 0 Å². The fourth-order valence-electron chi connectivity index (χ4n) is 5.54. The summed E-state index contributed by atoms with van der Waals surface area (Å²) in [5, 5.41) is 23.8. The minimum Gasteiger partial charge on any atom is -0.385 e. The van der Waals surface area contributed by atoms with Crippen LogP contribution in [0.15, 0.2) is 18.2 Å². The highest BCUT2D eigenvalue weighted by atomic mass is 19.2. The lowest BCUT2D eigenvalue weighted by Gasteiger charge is -2.41. The third kappa shape index (κ3) is 7.41. The second-order valence-electron chi connectivity index (χ2n) is 11.0. The van der Waals surface area contributed by atoms with Crippen LogP contribution in [0, 0.1) is 23.5 Å². The molecule has 0 aliphatic carbocycles. The van der Waals surface area contributed by atoms with E-state index in [-0.39, 0.29) is 23.8 Å². The number of amides is 1. The summed E-state index contributed by atoms with van der Waals surface area (Å²) in [6, 6.07) is 3.47. The standard InChI is InChI=1S/C28H42F2N6O4/c1-19(2)18-35(22-14-20(16-31-17-22)27(37)34-9-12-40-13-10-34)28(38)26-25(6-4-5-11-39-3)36(33-32-26)21-7-8-23(29)24(30)15-21/h7-8,15,19-20,22,28,31,38H,4-6,9-14,16-18H2,1-3H3/t20-,22+,28?/m1/s1. The van der Waals surface area contributed by atoms with Gasteiger partial charge >= 0.3 is 0 Å². The van der Waals surface area contributed by atoms with Crippen molar-refractivity contribution in [3.63, 3.8) is 0 Å². The molecular formula is C28H42F2N6O4. The molecule has 0 spiro atoms. The van der Waals surface area contributed by atoms with E-state index in [0.29, 0.717) is 82.5 Å². The van der Waals surface area contributed by atoms with Gasteiger partial charge in [0.05, 0.1) is 30.5 Å². The van der Waals surface area contributed by atoms with E-state index in [4.69, 9.17) is 9.47 Å². The lowest BCUT2D eigenvalue weighted by molar-refractivity contribution is -0.141. The number of benzene rings is 1. The molecule has 3 atom stereocenters. The molecular weight excluding hydrogens is 522 g/mol. The molecule has 0 saturated carbocycles. The Morgan fingerprint density at radius 2 is 2.00 bits per heavy atom. The number of aliphatic hydroxyl groups excluding tert-OH is 1. The molecule has 0 bridgehead atoms. The number of aliphatic hydroxyl groups is 1. The number of methoxy groups -OCH3 is 1. The number of nitrogens with one attached hydrogen (secondary N) is 1. The Morgan fingerprint density at radius 3 is 2.70 bits per heavy atom. The Bertz CT molecular complexity index is 1110. The number of carbonyl (C=O) groups excluding carboxylic acids is 1. The summed E-state index contributed by atoms with van der Waals surface area (Å²) >= 11 is 0. The fraction of sp³-hybridized carbons (Fsp3) is 0.679. The molecule has 1 aromatic carbocycles. The Kier molecular flexibility index (Phi) is 11.0. The summed E-state index contributed by atoms with van der Waals surface area (Å²) in [7, 11) is 1.64. The molecule has 2 fully saturated rings. The predicted octanol–water partition coefficient (Wildman–Crippen LogP) is 2.30. The molecule has 0 radical (unpaired) electrons. The lowest BCUT2D eigenvalue weighted by atomic mass is 9.92. The number of morpholine rings is 1. The summed E-state index contributed by atoms with van der Waals surface area (Å²) in [5.74, 6) is -1.78. The topological polar surface area (TPSA) is 105 Å². The molecule has 12 heteroatoms.